The number of ether oxygens (including phenoxy) is 1. The molecule has 2 aromatic rings. The lowest BCUT2D eigenvalue weighted by Crippen LogP contribution is -2.40. The van der Waals surface area contributed by atoms with Crippen LogP contribution in [-0.2, 0) is 16.0 Å². The SMILES string of the molecule is O=C(Cc1cccs1)Nc1ccc(C(=O)N2CCOCC2)cc1. The van der Waals surface area contributed by atoms with Gasteiger partial charge in [0.2, 0.25) is 5.91 Å². The molecule has 1 saturated heterocycles. The summed E-state index contributed by atoms with van der Waals surface area (Å²) >= 11 is 1.56. The Morgan fingerprint density at radius 3 is 2.52 bits per heavy atom. The van der Waals surface area contributed by atoms with Crippen molar-refractivity contribution < 1.29 is 14.3 Å². The van der Waals surface area contributed by atoms with Crippen molar-refractivity contribution in [2.45, 2.75) is 6.42 Å². The van der Waals surface area contributed by atoms with E-state index in [4.69, 9.17) is 4.74 Å². The van der Waals surface area contributed by atoms with Crippen LogP contribution in [0.5, 0.6) is 0 Å². The summed E-state index contributed by atoms with van der Waals surface area (Å²) in [4.78, 5) is 27.1. The number of carbonyl (C=O) groups is 2. The number of nitrogens with zero attached hydrogens (tertiary/aromatic N) is 1. The molecule has 0 unspecified atom stereocenters. The number of thiophene rings is 1. The highest BCUT2D eigenvalue weighted by molar-refractivity contribution is 7.10. The smallest absolute Gasteiger partial charge is 0.254 e. The zero-order chi connectivity index (χ0) is 16.1. The van der Waals surface area contributed by atoms with Gasteiger partial charge in [-0.15, -0.1) is 11.3 Å². The van der Waals surface area contributed by atoms with Crippen LogP contribution in [0.25, 0.3) is 0 Å². The number of amides is 2. The highest BCUT2D eigenvalue weighted by atomic mass is 32.1. The molecule has 0 spiro atoms. The number of carbonyl (C=O) groups excluding carboxylic acids is 2. The number of anilines is 1. The Labute approximate surface area is 138 Å². The van der Waals surface area contributed by atoms with Gasteiger partial charge in [0, 0.05) is 29.2 Å². The number of rotatable bonds is 4. The maximum atomic E-state index is 12.3. The Morgan fingerprint density at radius 1 is 1.13 bits per heavy atom. The van der Waals surface area contributed by atoms with Gasteiger partial charge in [-0.25, -0.2) is 0 Å². The molecule has 3 rings (SSSR count). The van der Waals surface area contributed by atoms with Crippen molar-refractivity contribution in [1.29, 1.82) is 0 Å². The van der Waals surface area contributed by atoms with Crippen LogP contribution in [0.2, 0.25) is 0 Å². The second-order valence-electron chi connectivity index (χ2n) is 5.29. The fourth-order valence-corrected chi connectivity index (χ4v) is 3.13. The number of hydrogen-bond acceptors (Lipinski definition) is 4. The van der Waals surface area contributed by atoms with E-state index >= 15 is 0 Å². The fourth-order valence-electron chi connectivity index (χ4n) is 2.42. The summed E-state index contributed by atoms with van der Waals surface area (Å²) in [5.74, 6) is -0.0514. The molecule has 1 aromatic carbocycles. The topological polar surface area (TPSA) is 58.6 Å². The van der Waals surface area contributed by atoms with Crippen molar-refractivity contribution in [2.75, 3.05) is 31.6 Å². The molecule has 1 aromatic heterocycles. The van der Waals surface area contributed by atoms with Crippen LogP contribution < -0.4 is 5.32 Å². The predicted molar refractivity (Wildman–Crippen MR) is 89.8 cm³/mol. The van der Waals surface area contributed by atoms with E-state index in [1.54, 1.807) is 40.5 Å². The third-order valence-corrected chi connectivity index (χ3v) is 4.51. The normalized spacial score (nSPS) is 14.5. The van der Waals surface area contributed by atoms with Crippen molar-refractivity contribution in [2.24, 2.45) is 0 Å². The molecule has 1 aliphatic heterocycles. The van der Waals surface area contributed by atoms with Gasteiger partial charge >= 0.3 is 0 Å². The predicted octanol–water partition coefficient (Wildman–Crippen LogP) is 2.40. The van der Waals surface area contributed by atoms with Crippen molar-refractivity contribution in [3.8, 4) is 0 Å². The molecular formula is C17H18N2O3S. The third-order valence-electron chi connectivity index (χ3n) is 3.63. The van der Waals surface area contributed by atoms with Gasteiger partial charge in [0.05, 0.1) is 19.6 Å². The van der Waals surface area contributed by atoms with Crippen molar-refractivity contribution >= 4 is 28.8 Å². The molecule has 2 amide bonds. The first-order valence-corrected chi connectivity index (χ1v) is 8.39. The van der Waals surface area contributed by atoms with Crippen LogP contribution >= 0.6 is 11.3 Å². The molecule has 6 heteroatoms. The second kappa shape index (κ2) is 7.39. The van der Waals surface area contributed by atoms with Gasteiger partial charge in [-0.05, 0) is 35.7 Å². The first-order chi connectivity index (χ1) is 11.2. The van der Waals surface area contributed by atoms with Gasteiger partial charge in [0.25, 0.3) is 5.91 Å². The van der Waals surface area contributed by atoms with E-state index in [1.807, 2.05) is 17.5 Å². The first kappa shape index (κ1) is 15.7. The maximum Gasteiger partial charge on any atom is 0.254 e. The summed E-state index contributed by atoms with van der Waals surface area (Å²) in [6, 6.07) is 10.9. The van der Waals surface area contributed by atoms with Crippen LogP contribution in [0.3, 0.4) is 0 Å². The molecule has 23 heavy (non-hydrogen) atoms. The lowest BCUT2D eigenvalue weighted by Gasteiger charge is -2.26. The summed E-state index contributed by atoms with van der Waals surface area (Å²) < 4.78 is 5.25. The lowest BCUT2D eigenvalue weighted by molar-refractivity contribution is -0.115. The summed E-state index contributed by atoms with van der Waals surface area (Å²) in [6.07, 6.45) is 0.367. The first-order valence-electron chi connectivity index (χ1n) is 7.52. The minimum absolute atomic E-state index is 0.00441. The van der Waals surface area contributed by atoms with Gasteiger partial charge in [-0.3, -0.25) is 9.59 Å². The Kier molecular flexibility index (Phi) is 5.05. The monoisotopic (exact) mass is 330 g/mol. The lowest BCUT2D eigenvalue weighted by atomic mass is 10.1. The van der Waals surface area contributed by atoms with E-state index in [9.17, 15) is 9.59 Å². The molecule has 0 bridgehead atoms. The van der Waals surface area contributed by atoms with Crippen LogP contribution in [-0.4, -0.2) is 43.0 Å². The average molecular weight is 330 g/mol. The van der Waals surface area contributed by atoms with Crippen LogP contribution in [0.1, 0.15) is 15.2 Å². The van der Waals surface area contributed by atoms with Crippen LogP contribution in [0.4, 0.5) is 5.69 Å². The Balaban J connectivity index is 1.58. The molecular weight excluding hydrogens is 312 g/mol. The Morgan fingerprint density at radius 2 is 1.87 bits per heavy atom. The van der Waals surface area contributed by atoms with E-state index in [2.05, 4.69) is 5.32 Å². The molecule has 0 saturated carbocycles. The van der Waals surface area contributed by atoms with E-state index in [0.29, 0.717) is 44.0 Å². The average Bonchev–Trinajstić information content (AvgIpc) is 3.08. The fraction of sp³-hybridized carbons (Fsp3) is 0.294. The molecule has 0 atom stereocenters. The molecule has 0 aliphatic carbocycles. The molecule has 5 nitrogen and oxygen atoms in total. The third kappa shape index (κ3) is 4.18. The number of hydrogen-bond donors (Lipinski definition) is 1. The summed E-state index contributed by atoms with van der Waals surface area (Å²) in [5, 5.41) is 4.80. The van der Waals surface area contributed by atoms with E-state index in [1.165, 1.54) is 0 Å². The standard InChI is InChI=1S/C17H18N2O3S/c20-16(12-15-2-1-11-23-15)18-14-5-3-13(4-6-14)17(21)19-7-9-22-10-8-19/h1-6,11H,7-10,12H2,(H,18,20). The van der Waals surface area contributed by atoms with Crippen LogP contribution in [0.15, 0.2) is 41.8 Å². The van der Waals surface area contributed by atoms with Crippen LogP contribution in [0, 0.1) is 0 Å². The molecule has 2 heterocycles. The Bertz CT molecular complexity index is 662. The summed E-state index contributed by atoms with van der Waals surface area (Å²) in [7, 11) is 0. The van der Waals surface area contributed by atoms with Crippen molar-refractivity contribution in [3.63, 3.8) is 0 Å². The highest BCUT2D eigenvalue weighted by Crippen LogP contribution is 2.14. The van der Waals surface area contributed by atoms with Gasteiger partial charge in [-0.2, -0.15) is 0 Å². The van der Waals surface area contributed by atoms with E-state index in [-0.39, 0.29) is 11.8 Å². The molecule has 120 valence electrons. The Hall–Kier alpha value is -2.18. The zero-order valence-electron chi connectivity index (χ0n) is 12.7. The number of benzene rings is 1. The molecule has 0 radical (unpaired) electrons. The number of morpholine rings is 1. The molecule has 1 fully saturated rings. The zero-order valence-corrected chi connectivity index (χ0v) is 13.5. The number of nitrogens with one attached hydrogen (secondary N) is 1. The second-order valence-corrected chi connectivity index (χ2v) is 6.32. The van der Waals surface area contributed by atoms with Crippen molar-refractivity contribution in [3.05, 3.63) is 52.2 Å². The van der Waals surface area contributed by atoms with Gasteiger partial charge in [-0.1, -0.05) is 6.07 Å². The van der Waals surface area contributed by atoms with Gasteiger partial charge in [0.1, 0.15) is 0 Å². The van der Waals surface area contributed by atoms with Gasteiger partial charge in [0.15, 0.2) is 0 Å². The minimum atomic E-state index is -0.0558. The van der Waals surface area contributed by atoms with E-state index in [0.717, 1.165) is 4.88 Å². The summed E-state index contributed by atoms with van der Waals surface area (Å²) in [6.45, 7) is 2.42. The summed E-state index contributed by atoms with van der Waals surface area (Å²) in [5.41, 5.74) is 1.33. The maximum absolute atomic E-state index is 12.3. The highest BCUT2D eigenvalue weighted by Gasteiger charge is 2.18. The molecule has 1 aliphatic rings. The largest absolute Gasteiger partial charge is 0.378 e. The quantitative estimate of drug-likeness (QED) is 0.936. The van der Waals surface area contributed by atoms with Gasteiger partial charge < -0.3 is 15.0 Å². The minimum Gasteiger partial charge on any atom is -0.378 e. The van der Waals surface area contributed by atoms with E-state index < -0.39 is 0 Å². The van der Waals surface area contributed by atoms with Crippen molar-refractivity contribution in [1.82, 2.24) is 4.90 Å². The molecule has 1 N–H and O–H groups in total.